The van der Waals surface area contributed by atoms with Crippen molar-refractivity contribution in [2.75, 3.05) is 25.0 Å². The van der Waals surface area contributed by atoms with Crippen LogP contribution in [0, 0.1) is 17.2 Å². The molecule has 3 N–H and O–H groups in total. The Balaban J connectivity index is 1.39. The Bertz CT molecular complexity index is 1700. The monoisotopic (exact) mass is 486 g/mol. The third-order valence-electron chi connectivity index (χ3n) is 7.97. The molecule has 3 fully saturated rings. The van der Waals surface area contributed by atoms with Crippen molar-refractivity contribution in [1.82, 2.24) is 19.9 Å². The first-order valence-electron chi connectivity index (χ1n) is 12.8. The van der Waals surface area contributed by atoms with Crippen LogP contribution in [0.25, 0.3) is 44.5 Å². The zero-order valence-electron chi connectivity index (χ0n) is 20.3. The van der Waals surface area contributed by atoms with Crippen molar-refractivity contribution in [3.8, 4) is 28.6 Å². The van der Waals surface area contributed by atoms with Gasteiger partial charge >= 0.3 is 0 Å². The first-order chi connectivity index (χ1) is 18.2. The van der Waals surface area contributed by atoms with Crippen LogP contribution in [0.5, 0.6) is 0 Å². The van der Waals surface area contributed by atoms with E-state index in [4.69, 9.17) is 10.2 Å². The molecular weight excluding hydrogens is 460 g/mol. The number of para-hydroxylation sites is 2. The zero-order chi connectivity index (χ0) is 24.9. The van der Waals surface area contributed by atoms with Gasteiger partial charge in [-0.2, -0.15) is 5.26 Å². The minimum atomic E-state index is -0.174. The summed E-state index contributed by atoms with van der Waals surface area (Å²) in [6, 6.07) is 24.0. The van der Waals surface area contributed by atoms with E-state index in [0.717, 1.165) is 58.4 Å². The van der Waals surface area contributed by atoms with Crippen LogP contribution in [0.15, 0.2) is 71.5 Å². The molecule has 5 aromatic rings. The van der Waals surface area contributed by atoms with Gasteiger partial charge in [-0.05, 0) is 73.3 Å². The predicted molar refractivity (Wildman–Crippen MR) is 146 cm³/mol. The summed E-state index contributed by atoms with van der Waals surface area (Å²) in [7, 11) is 0. The van der Waals surface area contributed by atoms with E-state index in [2.05, 4.69) is 38.4 Å². The van der Waals surface area contributed by atoms with Gasteiger partial charge in [-0.15, -0.1) is 0 Å². The topological polar surface area (TPSA) is 101 Å². The largest absolute Gasteiger partial charge is 0.379 e. The summed E-state index contributed by atoms with van der Waals surface area (Å²) in [6.07, 6.45) is 2.36. The van der Waals surface area contributed by atoms with Crippen molar-refractivity contribution >= 4 is 27.6 Å². The fourth-order valence-electron chi connectivity index (χ4n) is 5.98. The number of aromatic amines is 2. The van der Waals surface area contributed by atoms with Gasteiger partial charge in [-0.1, -0.05) is 36.4 Å². The number of nitriles is 1. The van der Waals surface area contributed by atoms with E-state index >= 15 is 0 Å². The lowest BCUT2D eigenvalue weighted by Crippen LogP contribution is -2.53. The van der Waals surface area contributed by atoms with Crippen molar-refractivity contribution < 1.29 is 0 Å². The quantitative estimate of drug-likeness (QED) is 0.328. The van der Waals surface area contributed by atoms with Crippen molar-refractivity contribution in [2.45, 2.75) is 18.9 Å². The zero-order valence-corrected chi connectivity index (χ0v) is 20.3. The minimum Gasteiger partial charge on any atom is -0.379 e. The van der Waals surface area contributed by atoms with Crippen LogP contribution in [0.2, 0.25) is 0 Å². The van der Waals surface area contributed by atoms with Crippen molar-refractivity contribution in [3.63, 3.8) is 0 Å². The maximum atomic E-state index is 13.7. The van der Waals surface area contributed by atoms with Gasteiger partial charge in [0.05, 0.1) is 33.9 Å². The van der Waals surface area contributed by atoms with Crippen molar-refractivity contribution in [3.05, 3.63) is 82.6 Å². The molecule has 8 rings (SSSR count). The molecule has 0 aliphatic carbocycles. The van der Waals surface area contributed by atoms with Crippen LogP contribution in [0.4, 0.5) is 5.69 Å². The van der Waals surface area contributed by atoms with E-state index in [-0.39, 0.29) is 11.6 Å². The molecule has 37 heavy (non-hydrogen) atoms. The molecule has 7 heteroatoms. The number of aromatic nitrogens is 3. The number of nitrogens with one attached hydrogen (secondary N) is 3. The fraction of sp³-hybridized carbons (Fsp3) is 0.233. The van der Waals surface area contributed by atoms with Gasteiger partial charge in [-0.3, -0.25) is 4.79 Å². The van der Waals surface area contributed by atoms with E-state index in [9.17, 15) is 4.79 Å². The molecule has 7 nitrogen and oxygen atoms in total. The summed E-state index contributed by atoms with van der Waals surface area (Å²) in [5.74, 6) is 1.17. The number of hydrogen-bond donors (Lipinski definition) is 3. The van der Waals surface area contributed by atoms with Gasteiger partial charge in [0, 0.05) is 18.0 Å². The van der Waals surface area contributed by atoms with Crippen LogP contribution < -0.4 is 10.9 Å². The molecule has 3 aromatic carbocycles. The normalized spacial score (nSPS) is 20.8. The molecule has 0 spiro atoms. The van der Waals surface area contributed by atoms with Gasteiger partial charge in [0.1, 0.15) is 11.4 Å². The molecule has 2 bridgehead atoms. The lowest BCUT2D eigenvalue weighted by molar-refractivity contribution is 0.0976. The van der Waals surface area contributed by atoms with Crippen LogP contribution in [0.3, 0.4) is 0 Å². The number of hydrogen-bond acceptors (Lipinski definition) is 5. The molecule has 3 aliphatic heterocycles. The molecule has 0 radical (unpaired) electrons. The Morgan fingerprint density at radius 1 is 0.946 bits per heavy atom. The van der Waals surface area contributed by atoms with E-state index in [1.54, 1.807) is 0 Å². The van der Waals surface area contributed by atoms with E-state index < -0.39 is 0 Å². The number of anilines is 1. The number of imidazole rings is 1. The molecular formula is C30H26N6O. The summed E-state index contributed by atoms with van der Waals surface area (Å²) in [5.41, 5.74) is 6.33. The van der Waals surface area contributed by atoms with Gasteiger partial charge in [0.25, 0.3) is 5.56 Å². The van der Waals surface area contributed by atoms with Gasteiger partial charge in [-0.25, -0.2) is 4.98 Å². The van der Waals surface area contributed by atoms with Gasteiger partial charge in [0.15, 0.2) is 0 Å². The maximum absolute atomic E-state index is 13.7. The standard InChI is InChI=1S/C30H26N6O/c31-16-18-5-7-19(8-6-18)21-9-10-22-25(15-21)35-30(37)27(29-33-23-3-1-2-4-24(23)34-29)28(22)32-26-17-36-13-11-20(26)12-14-36/h1-10,15,20,26H,11-14,17H2,(H,33,34)(H2,32,35,37)/t26-/m1/s1. The Morgan fingerprint density at radius 2 is 1.73 bits per heavy atom. The summed E-state index contributed by atoms with van der Waals surface area (Å²) >= 11 is 0. The SMILES string of the molecule is N#Cc1ccc(-c2ccc3c(N[C@@H]4CN5CCC4CC5)c(-c4nc5ccccc5[nH]4)c(=O)[nH]c3c2)cc1. The number of rotatable bonds is 4. The van der Waals surface area contributed by atoms with Crippen LogP contribution >= 0.6 is 0 Å². The van der Waals surface area contributed by atoms with Gasteiger partial charge < -0.3 is 20.2 Å². The van der Waals surface area contributed by atoms with E-state index in [0.29, 0.717) is 22.9 Å². The Labute approximate surface area is 213 Å². The van der Waals surface area contributed by atoms with E-state index in [1.165, 1.54) is 12.8 Å². The number of pyridine rings is 1. The number of piperidine rings is 3. The number of fused-ring (bicyclic) bond motifs is 5. The third-order valence-corrected chi connectivity index (χ3v) is 7.97. The average molecular weight is 487 g/mol. The summed E-state index contributed by atoms with van der Waals surface area (Å²) in [6.45, 7) is 3.30. The number of H-pyrrole nitrogens is 2. The van der Waals surface area contributed by atoms with Crippen LogP contribution in [-0.2, 0) is 0 Å². The number of benzene rings is 3. The second-order valence-electron chi connectivity index (χ2n) is 10.1. The second-order valence-corrected chi connectivity index (χ2v) is 10.1. The van der Waals surface area contributed by atoms with Crippen molar-refractivity contribution in [2.24, 2.45) is 5.92 Å². The first kappa shape index (κ1) is 21.8. The first-order valence-corrected chi connectivity index (χ1v) is 12.8. The van der Waals surface area contributed by atoms with Crippen molar-refractivity contribution in [1.29, 1.82) is 5.26 Å². The molecule has 3 aliphatic rings. The third kappa shape index (κ3) is 3.78. The average Bonchev–Trinajstić information content (AvgIpc) is 3.37. The molecule has 5 heterocycles. The molecule has 0 saturated carbocycles. The smallest absolute Gasteiger partial charge is 0.261 e. The lowest BCUT2D eigenvalue weighted by Gasteiger charge is -2.45. The highest BCUT2D eigenvalue weighted by Crippen LogP contribution is 2.36. The summed E-state index contributed by atoms with van der Waals surface area (Å²) in [5, 5.41) is 13.9. The van der Waals surface area contributed by atoms with Crippen LogP contribution in [-0.4, -0.2) is 45.5 Å². The highest BCUT2D eigenvalue weighted by atomic mass is 16.1. The Kier molecular flexibility index (Phi) is 5.08. The van der Waals surface area contributed by atoms with Gasteiger partial charge in [0.2, 0.25) is 0 Å². The molecule has 1 atom stereocenters. The molecule has 3 saturated heterocycles. The number of nitrogens with zero attached hydrogens (tertiary/aromatic N) is 3. The Morgan fingerprint density at radius 3 is 2.46 bits per heavy atom. The minimum absolute atomic E-state index is 0.174. The second kappa shape index (κ2) is 8.61. The molecule has 0 amide bonds. The summed E-state index contributed by atoms with van der Waals surface area (Å²) < 4.78 is 0. The summed E-state index contributed by atoms with van der Waals surface area (Å²) in [4.78, 5) is 27.5. The highest BCUT2D eigenvalue weighted by Gasteiger charge is 2.35. The fourth-order valence-corrected chi connectivity index (χ4v) is 5.98. The highest BCUT2D eigenvalue weighted by molar-refractivity contribution is 6.00. The predicted octanol–water partition coefficient (Wildman–Crippen LogP) is 5.12. The van der Waals surface area contributed by atoms with E-state index in [1.807, 2.05) is 54.6 Å². The Hall–Kier alpha value is -4.41. The molecule has 182 valence electrons. The molecule has 0 unspecified atom stereocenters. The van der Waals surface area contributed by atoms with Crippen LogP contribution in [0.1, 0.15) is 18.4 Å². The maximum Gasteiger partial charge on any atom is 0.261 e. The lowest BCUT2D eigenvalue weighted by atomic mass is 9.83. The molecule has 2 aromatic heterocycles.